The summed E-state index contributed by atoms with van der Waals surface area (Å²) in [6.45, 7) is 12.5. The molecule has 0 saturated carbocycles. The van der Waals surface area contributed by atoms with Crippen molar-refractivity contribution in [3.63, 3.8) is 0 Å². The molecule has 3 nitrogen and oxygen atoms in total. The van der Waals surface area contributed by atoms with E-state index in [1.807, 2.05) is 6.20 Å². The van der Waals surface area contributed by atoms with Crippen molar-refractivity contribution in [2.45, 2.75) is 53.2 Å². The number of aryl methyl sites for hydroxylation is 2. The Labute approximate surface area is 122 Å². The van der Waals surface area contributed by atoms with Crippen LogP contribution in [0.5, 0.6) is 0 Å². The summed E-state index contributed by atoms with van der Waals surface area (Å²) in [6.07, 6.45) is 1.88. The first-order chi connectivity index (χ1) is 9.35. The largest absolute Gasteiger partial charge is 0.306 e. The molecule has 1 heterocycles. The maximum Gasteiger partial charge on any atom is 0.0663 e. The molecule has 0 amide bonds. The lowest BCUT2D eigenvalue weighted by atomic mass is 10.1. The quantitative estimate of drug-likeness (QED) is 0.923. The minimum Gasteiger partial charge on any atom is -0.306 e. The second-order valence-corrected chi connectivity index (χ2v) is 6.50. The summed E-state index contributed by atoms with van der Waals surface area (Å²) in [4.78, 5) is 0. The summed E-state index contributed by atoms with van der Waals surface area (Å²) >= 11 is 0. The first-order valence-corrected chi connectivity index (χ1v) is 7.17. The summed E-state index contributed by atoms with van der Waals surface area (Å²) in [5.41, 5.74) is 5.31. The zero-order valence-corrected chi connectivity index (χ0v) is 13.2. The Balaban J connectivity index is 2.10. The molecule has 0 radical (unpaired) electrons. The summed E-state index contributed by atoms with van der Waals surface area (Å²) in [5.74, 6) is 0. The minimum atomic E-state index is 0.121. The van der Waals surface area contributed by atoms with E-state index in [2.05, 4.69) is 74.0 Å². The van der Waals surface area contributed by atoms with E-state index < -0.39 is 0 Å². The van der Waals surface area contributed by atoms with Crippen LogP contribution in [0.2, 0.25) is 0 Å². The third-order valence-corrected chi connectivity index (χ3v) is 3.51. The number of hydrogen-bond acceptors (Lipinski definition) is 2. The molecule has 3 heteroatoms. The second kappa shape index (κ2) is 5.80. The first-order valence-electron chi connectivity index (χ1n) is 7.17. The summed E-state index contributed by atoms with van der Waals surface area (Å²) < 4.78 is 2.07. The van der Waals surface area contributed by atoms with Crippen molar-refractivity contribution in [3.05, 3.63) is 52.8 Å². The molecule has 108 valence electrons. The Morgan fingerprint density at radius 1 is 1.10 bits per heavy atom. The van der Waals surface area contributed by atoms with Crippen molar-refractivity contribution in [2.75, 3.05) is 0 Å². The fraction of sp³-hybridized carbons (Fsp3) is 0.471. The number of hydrogen-bond donors (Lipinski definition) is 1. The van der Waals surface area contributed by atoms with Gasteiger partial charge in [-0.1, -0.05) is 18.2 Å². The SMILES string of the molecule is Cc1ccc(Cn2nccc2CNC(C)(C)C)cc1C. The van der Waals surface area contributed by atoms with E-state index in [0.29, 0.717) is 0 Å². The predicted molar refractivity (Wildman–Crippen MR) is 83.8 cm³/mol. The molecule has 1 aromatic heterocycles. The van der Waals surface area contributed by atoms with Gasteiger partial charge >= 0.3 is 0 Å². The van der Waals surface area contributed by atoms with Gasteiger partial charge in [-0.2, -0.15) is 5.10 Å². The predicted octanol–water partition coefficient (Wildman–Crippen LogP) is 3.44. The van der Waals surface area contributed by atoms with Crippen LogP contribution in [0.1, 0.15) is 43.2 Å². The highest BCUT2D eigenvalue weighted by Gasteiger charge is 2.11. The zero-order chi connectivity index (χ0) is 14.8. The molecular formula is C17H25N3. The lowest BCUT2D eigenvalue weighted by molar-refractivity contribution is 0.414. The topological polar surface area (TPSA) is 29.9 Å². The minimum absolute atomic E-state index is 0.121. The average molecular weight is 271 g/mol. The third-order valence-electron chi connectivity index (χ3n) is 3.51. The Bertz CT molecular complexity index is 576. The molecule has 2 aromatic rings. The number of nitrogens with zero attached hydrogens (tertiary/aromatic N) is 2. The third kappa shape index (κ3) is 3.94. The molecule has 0 aliphatic heterocycles. The van der Waals surface area contributed by atoms with E-state index in [0.717, 1.165) is 13.1 Å². The number of aromatic nitrogens is 2. The number of rotatable bonds is 4. The highest BCUT2D eigenvalue weighted by atomic mass is 15.3. The highest BCUT2D eigenvalue weighted by Crippen LogP contribution is 2.12. The van der Waals surface area contributed by atoms with E-state index in [-0.39, 0.29) is 5.54 Å². The van der Waals surface area contributed by atoms with Gasteiger partial charge in [0.1, 0.15) is 0 Å². The molecule has 1 N–H and O–H groups in total. The van der Waals surface area contributed by atoms with E-state index in [1.165, 1.54) is 22.4 Å². The normalized spacial score (nSPS) is 11.8. The van der Waals surface area contributed by atoms with Crippen molar-refractivity contribution in [1.29, 1.82) is 0 Å². The van der Waals surface area contributed by atoms with Gasteiger partial charge in [0.2, 0.25) is 0 Å². The van der Waals surface area contributed by atoms with E-state index in [4.69, 9.17) is 0 Å². The maximum absolute atomic E-state index is 4.44. The molecule has 0 unspecified atom stereocenters. The summed E-state index contributed by atoms with van der Waals surface area (Å²) in [5, 5.41) is 7.95. The summed E-state index contributed by atoms with van der Waals surface area (Å²) in [7, 11) is 0. The fourth-order valence-electron chi connectivity index (χ4n) is 2.08. The Kier molecular flexibility index (Phi) is 4.29. The van der Waals surface area contributed by atoms with Crippen molar-refractivity contribution in [3.8, 4) is 0 Å². The van der Waals surface area contributed by atoms with Gasteiger partial charge in [-0.15, -0.1) is 0 Å². The monoisotopic (exact) mass is 271 g/mol. The molecule has 0 bridgehead atoms. The lowest BCUT2D eigenvalue weighted by Gasteiger charge is -2.21. The number of benzene rings is 1. The van der Waals surface area contributed by atoms with Crippen LogP contribution in [0.25, 0.3) is 0 Å². The van der Waals surface area contributed by atoms with Gasteiger partial charge in [-0.25, -0.2) is 0 Å². The lowest BCUT2D eigenvalue weighted by Crippen LogP contribution is -2.35. The molecule has 0 aliphatic carbocycles. The van der Waals surface area contributed by atoms with Crippen LogP contribution in [0.4, 0.5) is 0 Å². The number of nitrogens with one attached hydrogen (secondary N) is 1. The van der Waals surface area contributed by atoms with Crippen LogP contribution in [-0.4, -0.2) is 15.3 Å². The van der Waals surface area contributed by atoms with Gasteiger partial charge in [-0.05, 0) is 57.4 Å². The first kappa shape index (κ1) is 14.8. The van der Waals surface area contributed by atoms with Crippen LogP contribution < -0.4 is 5.32 Å². The average Bonchev–Trinajstić information content (AvgIpc) is 2.78. The van der Waals surface area contributed by atoms with Gasteiger partial charge in [0, 0.05) is 18.3 Å². The zero-order valence-electron chi connectivity index (χ0n) is 13.2. The van der Waals surface area contributed by atoms with Gasteiger partial charge in [-0.3, -0.25) is 4.68 Å². The highest BCUT2D eigenvalue weighted by molar-refractivity contribution is 5.30. The maximum atomic E-state index is 4.44. The van der Waals surface area contributed by atoms with Crippen molar-refractivity contribution in [2.24, 2.45) is 0 Å². The van der Waals surface area contributed by atoms with Gasteiger partial charge < -0.3 is 5.32 Å². The van der Waals surface area contributed by atoms with Crippen LogP contribution in [0.3, 0.4) is 0 Å². The van der Waals surface area contributed by atoms with E-state index in [9.17, 15) is 0 Å². The molecule has 2 rings (SSSR count). The van der Waals surface area contributed by atoms with E-state index >= 15 is 0 Å². The molecule has 1 aromatic carbocycles. The van der Waals surface area contributed by atoms with Gasteiger partial charge in [0.25, 0.3) is 0 Å². The molecule has 0 atom stereocenters. The Morgan fingerprint density at radius 3 is 2.50 bits per heavy atom. The summed E-state index contributed by atoms with van der Waals surface area (Å²) in [6, 6.07) is 8.70. The van der Waals surface area contributed by atoms with Crippen molar-refractivity contribution >= 4 is 0 Å². The molecule has 0 aliphatic rings. The van der Waals surface area contributed by atoms with Crippen LogP contribution >= 0.6 is 0 Å². The van der Waals surface area contributed by atoms with Gasteiger partial charge in [0.15, 0.2) is 0 Å². The Morgan fingerprint density at radius 2 is 1.85 bits per heavy atom. The molecule has 20 heavy (non-hydrogen) atoms. The molecule has 0 saturated heterocycles. The Hall–Kier alpha value is -1.61. The molecule has 0 fully saturated rings. The molecule has 0 spiro atoms. The van der Waals surface area contributed by atoms with Crippen molar-refractivity contribution in [1.82, 2.24) is 15.1 Å². The van der Waals surface area contributed by atoms with Crippen LogP contribution in [0, 0.1) is 13.8 Å². The van der Waals surface area contributed by atoms with Crippen LogP contribution in [-0.2, 0) is 13.1 Å². The van der Waals surface area contributed by atoms with Gasteiger partial charge in [0.05, 0.1) is 12.2 Å². The standard InChI is InChI=1S/C17H25N3/c1-13-6-7-15(10-14(13)2)12-20-16(8-9-19-20)11-18-17(3,4)5/h6-10,18H,11-12H2,1-5H3. The second-order valence-electron chi connectivity index (χ2n) is 6.50. The molecular weight excluding hydrogens is 246 g/mol. The van der Waals surface area contributed by atoms with Crippen LogP contribution in [0.15, 0.2) is 30.5 Å². The van der Waals surface area contributed by atoms with Crippen molar-refractivity contribution < 1.29 is 0 Å². The fourth-order valence-corrected chi connectivity index (χ4v) is 2.08. The smallest absolute Gasteiger partial charge is 0.0663 e. The van der Waals surface area contributed by atoms with E-state index in [1.54, 1.807) is 0 Å².